The second-order valence-corrected chi connectivity index (χ2v) is 10.2. The van der Waals surface area contributed by atoms with Crippen molar-refractivity contribution in [2.75, 3.05) is 81.6 Å². The topological polar surface area (TPSA) is 103 Å². The summed E-state index contributed by atoms with van der Waals surface area (Å²) in [6.45, 7) is 10.4. The third kappa shape index (κ3) is 11.7. The van der Waals surface area contributed by atoms with Gasteiger partial charge in [0, 0.05) is 13.2 Å². The third-order valence-corrected chi connectivity index (χ3v) is 7.24. The minimum absolute atomic E-state index is 0.0894. The number of hydrogen-bond donors (Lipinski definition) is 1. The summed E-state index contributed by atoms with van der Waals surface area (Å²) >= 11 is 0. The van der Waals surface area contributed by atoms with Crippen molar-refractivity contribution in [1.29, 1.82) is 5.26 Å². The van der Waals surface area contributed by atoms with Gasteiger partial charge in [0.05, 0.1) is 66.4 Å². The van der Waals surface area contributed by atoms with Gasteiger partial charge in [-0.1, -0.05) is 26.0 Å². The molecule has 0 amide bonds. The fraction of sp³-hybridized carbons (Fsp3) is 0.606. The molecule has 2 aromatic carbocycles. The van der Waals surface area contributed by atoms with Crippen molar-refractivity contribution in [3.8, 4) is 29.1 Å². The van der Waals surface area contributed by atoms with E-state index in [-0.39, 0.29) is 12.5 Å². The van der Waals surface area contributed by atoms with E-state index in [1.807, 2.05) is 37.3 Å². The summed E-state index contributed by atoms with van der Waals surface area (Å²) in [6.07, 6.45) is 2.61. The van der Waals surface area contributed by atoms with Crippen molar-refractivity contribution in [3.63, 3.8) is 0 Å². The SMILES string of the molecule is CCOCCOCCO.COc1ccc(CCN(C)CCCC(C#N)(c2ccc(OC)c(OC)c2)C(C)C)cc1OC. The van der Waals surface area contributed by atoms with E-state index in [1.165, 1.54) is 5.56 Å². The van der Waals surface area contributed by atoms with Crippen molar-refractivity contribution in [2.45, 2.75) is 45.4 Å². The van der Waals surface area contributed by atoms with Gasteiger partial charge in [-0.3, -0.25) is 0 Å². The summed E-state index contributed by atoms with van der Waals surface area (Å²) in [5.41, 5.74) is 1.60. The lowest BCUT2D eigenvalue weighted by Crippen LogP contribution is -2.32. The van der Waals surface area contributed by atoms with Crippen LogP contribution < -0.4 is 18.9 Å². The Morgan fingerprint density at radius 1 is 0.833 bits per heavy atom. The van der Waals surface area contributed by atoms with E-state index in [4.69, 9.17) is 33.5 Å². The van der Waals surface area contributed by atoms with E-state index in [2.05, 4.69) is 37.9 Å². The largest absolute Gasteiger partial charge is 0.493 e. The first kappa shape index (κ1) is 37.0. The lowest BCUT2D eigenvalue weighted by molar-refractivity contribution is 0.0370. The third-order valence-electron chi connectivity index (χ3n) is 7.24. The van der Waals surface area contributed by atoms with Gasteiger partial charge in [-0.15, -0.1) is 0 Å². The molecule has 0 saturated heterocycles. The lowest BCUT2D eigenvalue weighted by atomic mass is 9.69. The monoisotopic (exact) mass is 588 g/mol. The zero-order valence-corrected chi connectivity index (χ0v) is 26.9. The first-order chi connectivity index (χ1) is 20.3. The zero-order chi connectivity index (χ0) is 31.4. The van der Waals surface area contributed by atoms with Gasteiger partial charge in [0.25, 0.3) is 0 Å². The first-order valence-corrected chi connectivity index (χ1v) is 14.6. The molecule has 1 unspecified atom stereocenters. The van der Waals surface area contributed by atoms with Gasteiger partial charge in [-0.25, -0.2) is 0 Å². The minimum atomic E-state index is -0.580. The van der Waals surface area contributed by atoms with Crippen LogP contribution in [0.15, 0.2) is 36.4 Å². The molecule has 0 heterocycles. The van der Waals surface area contributed by atoms with Crippen LogP contribution in [-0.4, -0.2) is 91.6 Å². The van der Waals surface area contributed by atoms with E-state index in [0.29, 0.717) is 31.3 Å². The molecule has 2 aromatic rings. The van der Waals surface area contributed by atoms with Crippen LogP contribution in [0.3, 0.4) is 0 Å². The Bertz CT molecular complexity index is 1050. The maximum absolute atomic E-state index is 10.2. The molecule has 0 bridgehead atoms. The number of nitrogens with zero attached hydrogens (tertiary/aromatic N) is 2. The Morgan fingerprint density at radius 3 is 1.98 bits per heavy atom. The molecule has 9 heteroatoms. The molecule has 0 fully saturated rings. The van der Waals surface area contributed by atoms with Crippen molar-refractivity contribution in [3.05, 3.63) is 47.5 Å². The Morgan fingerprint density at radius 2 is 1.43 bits per heavy atom. The second-order valence-electron chi connectivity index (χ2n) is 10.2. The first-order valence-electron chi connectivity index (χ1n) is 14.6. The van der Waals surface area contributed by atoms with E-state index in [0.717, 1.165) is 56.0 Å². The molecule has 1 atom stereocenters. The molecular weight excluding hydrogens is 536 g/mol. The van der Waals surface area contributed by atoms with E-state index < -0.39 is 5.41 Å². The number of aliphatic hydroxyl groups is 1. The number of benzene rings is 2. The molecule has 0 spiro atoms. The molecule has 0 aliphatic heterocycles. The molecule has 9 nitrogen and oxygen atoms in total. The van der Waals surface area contributed by atoms with Crippen molar-refractivity contribution in [1.82, 2.24) is 4.90 Å². The Hall–Kier alpha value is -3.03. The van der Waals surface area contributed by atoms with Crippen LogP contribution in [0.1, 0.15) is 44.7 Å². The van der Waals surface area contributed by atoms with Crippen molar-refractivity contribution < 1.29 is 33.5 Å². The summed E-state index contributed by atoms with van der Waals surface area (Å²) in [5.74, 6) is 2.99. The molecular formula is C33H52N2O7. The van der Waals surface area contributed by atoms with Crippen LogP contribution in [0.4, 0.5) is 0 Å². The van der Waals surface area contributed by atoms with Crippen LogP contribution >= 0.6 is 0 Å². The van der Waals surface area contributed by atoms with Crippen LogP contribution in [0.2, 0.25) is 0 Å². The number of hydrogen-bond acceptors (Lipinski definition) is 9. The molecule has 0 aliphatic carbocycles. The summed E-state index contributed by atoms with van der Waals surface area (Å²) in [6, 6.07) is 14.5. The number of methoxy groups -OCH3 is 4. The molecule has 42 heavy (non-hydrogen) atoms. The Kier molecular flexibility index (Phi) is 18.3. The Labute approximate surface area is 253 Å². The van der Waals surface area contributed by atoms with E-state index in [9.17, 15) is 5.26 Å². The average molecular weight is 589 g/mol. The lowest BCUT2D eigenvalue weighted by Gasteiger charge is -2.32. The summed E-state index contributed by atoms with van der Waals surface area (Å²) < 4.78 is 31.5. The van der Waals surface area contributed by atoms with Crippen molar-refractivity contribution in [2.24, 2.45) is 5.92 Å². The number of ether oxygens (including phenoxy) is 6. The van der Waals surface area contributed by atoms with Gasteiger partial charge in [0.2, 0.25) is 0 Å². The van der Waals surface area contributed by atoms with Crippen LogP contribution in [0.5, 0.6) is 23.0 Å². The van der Waals surface area contributed by atoms with Gasteiger partial charge in [-0.2, -0.15) is 5.26 Å². The Balaban J connectivity index is 0.000000844. The standard InChI is InChI=1S/C27H38N2O4.C6H14O3/c1-20(2)27(19-28,22-10-12-24(31-5)26(18-22)33-7)14-8-15-29(3)16-13-21-9-11-23(30-4)25(17-21)32-6;1-2-8-5-6-9-4-3-7/h9-12,17-18,20H,8,13-16H2,1-7H3;7H,2-6H2,1H3. The molecule has 2 rings (SSSR count). The highest BCUT2D eigenvalue weighted by Crippen LogP contribution is 2.40. The summed E-state index contributed by atoms with van der Waals surface area (Å²) in [7, 11) is 8.67. The summed E-state index contributed by atoms with van der Waals surface area (Å²) in [4.78, 5) is 2.31. The van der Waals surface area contributed by atoms with Gasteiger partial charge in [0.1, 0.15) is 0 Å². The van der Waals surface area contributed by atoms with Gasteiger partial charge >= 0.3 is 0 Å². The highest BCUT2D eigenvalue weighted by Gasteiger charge is 2.36. The predicted octanol–water partition coefficient (Wildman–Crippen LogP) is 5.12. The van der Waals surface area contributed by atoms with Gasteiger partial charge < -0.3 is 38.4 Å². The summed E-state index contributed by atoms with van der Waals surface area (Å²) in [5, 5.41) is 18.5. The molecule has 236 valence electrons. The molecule has 0 aromatic heterocycles. The fourth-order valence-corrected chi connectivity index (χ4v) is 4.65. The quantitative estimate of drug-likeness (QED) is 0.224. The molecule has 0 saturated carbocycles. The van der Waals surface area contributed by atoms with Crippen molar-refractivity contribution >= 4 is 0 Å². The highest BCUT2D eigenvalue weighted by atomic mass is 16.5. The number of likely N-dealkylation sites (N-methyl/N-ethyl adjacent to an activating group) is 1. The maximum atomic E-state index is 10.2. The smallest absolute Gasteiger partial charge is 0.161 e. The molecule has 1 N–H and O–H groups in total. The minimum Gasteiger partial charge on any atom is -0.493 e. The van der Waals surface area contributed by atoms with Crippen LogP contribution in [0.25, 0.3) is 0 Å². The highest BCUT2D eigenvalue weighted by molar-refractivity contribution is 5.47. The van der Waals surface area contributed by atoms with E-state index >= 15 is 0 Å². The van der Waals surface area contributed by atoms with Crippen LogP contribution in [-0.2, 0) is 21.3 Å². The van der Waals surface area contributed by atoms with Gasteiger partial charge in [0.15, 0.2) is 23.0 Å². The normalized spacial score (nSPS) is 12.2. The molecule has 0 radical (unpaired) electrons. The zero-order valence-electron chi connectivity index (χ0n) is 26.9. The number of rotatable bonds is 19. The molecule has 0 aliphatic rings. The number of aliphatic hydroxyl groups excluding tert-OH is 1. The maximum Gasteiger partial charge on any atom is 0.161 e. The average Bonchev–Trinajstić information content (AvgIpc) is 3.01. The predicted molar refractivity (Wildman–Crippen MR) is 166 cm³/mol. The van der Waals surface area contributed by atoms with E-state index in [1.54, 1.807) is 28.4 Å². The van der Waals surface area contributed by atoms with Crippen LogP contribution in [0, 0.1) is 17.2 Å². The number of nitriles is 1. The van der Waals surface area contributed by atoms with Gasteiger partial charge in [-0.05, 0) is 81.1 Å². The second kappa shape index (κ2) is 20.8. The fourth-order valence-electron chi connectivity index (χ4n) is 4.65.